The number of carbonyl (C=O) groups excluding carboxylic acids is 1. The number of rotatable bonds is 7. The first kappa shape index (κ1) is 16.2. The molecular weight excluding hydrogens is 256 g/mol. The first-order valence-electron chi connectivity index (χ1n) is 6.69. The van der Waals surface area contributed by atoms with Gasteiger partial charge in [-0.3, -0.25) is 4.79 Å². The van der Waals surface area contributed by atoms with E-state index >= 15 is 0 Å². The highest BCUT2D eigenvalue weighted by atomic mass is 16.4. The normalized spacial score (nSPS) is 12.2. The van der Waals surface area contributed by atoms with Gasteiger partial charge in [0.2, 0.25) is 5.91 Å². The number of carboxylic acid groups (broad SMARTS) is 1. The van der Waals surface area contributed by atoms with Crippen molar-refractivity contribution in [3.63, 3.8) is 0 Å². The second-order valence-electron chi connectivity index (χ2n) is 5.12. The molecule has 0 saturated carbocycles. The third-order valence-electron chi connectivity index (χ3n) is 3.00. The highest BCUT2D eigenvalue weighted by Crippen LogP contribution is 2.14. The first-order chi connectivity index (χ1) is 9.40. The van der Waals surface area contributed by atoms with Crippen LogP contribution in [0.5, 0.6) is 0 Å². The van der Waals surface area contributed by atoms with Crippen molar-refractivity contribution in [1.82, 2.24) is 10.6 Å². The van der Waals surface area contributed by atoms with Gasteiger partial charge in [-0.1, -0.05) is 38.1 Å². The quantitative estimate of drug-likeness (QED) is 0.706. The molecule has 1 atom stereocenters. The average molecular weight is 278 g/mol. The Labute approximate surface area is 119 Å². The maximum atomic E-state index is 10.9. The van der Waals surface area contributed by atoms with Crippen molar-refractivity contribution in [2.45, 2.75) is 39.3 Å². The molecule has 0 bridgehead atoms. The van der Waals surface area contributed by atoms with E-state index in [0.717, 1.165) is 5.56 Å². The average Bonchev–Trinajstić information content (AvgIpc) is 2.37. The van der Waals surface area contributed by atoms with Crippen LogP contribution in [0.3, 0.4) is 0 Å². The lowest BCUT2D eigenvalue weighted by atomic mass is 10.0. The molecule has 1 unspecified atom stereocenters. The monoisotopic (exact) mass is 278 g/mol. The predicted octanol–water partition coefficient (Wildman–Crippen LogP) is 1.49. The van der Waals surface area contributed by atoms with E-state index < -0.39 is 12.0 Å². The highest BCUT2D eigenvalue weighted by Gasteiger charge is 2.17. The molecule has 3 N–H and O–H groups in total. The number of carbonyl (C=O) groups is 2. The van der Waals surface area contributed by atoms with Gasteiger partial charge in [0.25, 0.3) is 0 Å². The molecule has 1 rings (SSSR count). The summed E-state index contributed by atoms with van der Waals surface area (Å²) in [5.41, 5.74) is 2.36. The van der Waals surface area contributed by atoms with Crippen LogP contribution >= 0.6 is 0 Å². The van der Waals surface area contributed by atoms with Gasteiger partial charge in [0.15, 0.2) is 0 Å². The summed E-state index contributed by atoms with van der Waals surface area (Å²) in [6.07, 6.45) is 0. The third kappa shape index (κ3) is 5.40. The van der Waals surface area contributed by atoms with E-state index in [1.807, 2.05) is 12.1 Å². The molecule has 0 radical (unpaired) electrons. The fourth-order valence-electron chi connectivity index (χ4n) is 1.83. The molecule has 0 spiro atoms. The molecule has 0 aliphatic carbocycles. The smallest absolute Gasteiger partial charge is 0.327 e. The number of hydrogen-bond acceptors (Lipinski definition) is 3. The van der Waals surface area contributed by atoms with Gasteiger partial charge in [-0.2, -0.15) is 0 Å². The summed E-state index contributed by atoms with van der Waals surface area (Å²) >= 11 is 0. The highest BCUT2D eigenvalue weighted by molar-refractivity contribution is 5.82. The molecule has 0 heterocycles. The summed E-state index contributed by atoms with van der Waals surface area (Å²) < 4.78 is 0. The Balaban J connectivity index is 2.46. The summed E-state index contributed by atoms with van der Waals surface area (Å²) in [5, 5.41) is 14.4. The second kappa shape index (κ2) is 7.65. The minimum absolute atomic E-state index is 0.195. The molecule has 1 aromatic rings. The Morgan fingerprint density at radius 1 is 1.20 bits per heavy atom. The molecule has 1 amide bonds. The molecule has 5 nitrogen and oxygen atoms in total. The van der Waals surface area contributed by atoms with Gasteiger partial charge in [-0.05, 0) is 17.0 Å². The molecule has 20 heavy (non-hydrogen) atoms. The molecule has 0 aromatic heterocycles. The zero-order valence-electron chi connectivity index (χ0n) is 12.1. The number of aliphatic carboxylic acids is 1. The van der Waals surface area contributed by atoms with Crippen molar-refractivity contribution < 1.29 is 14.7 Å². The standard InChI is InChI=1S/C15H22N2O3/c1-10(2)13-6-4-12(5-7-13)8-16-9-14(15(19)20)17-11(3)18/h4-7,10,14,16H,8-9H2,1-3H3,(H,17,18)(H,19,20). The van der Waals surface area contributed by atoms with Crippen LogP contribution in [0.2, 0.25) is 0 Å². The molecule has 110 valence electrons. The van der Waals surface area contributed by atoms with Crippen LogP contribution in [-0.2, 0) is 16.1 Å². The minimum atomic E-state index is -1.04. The molecule has 0 aliphatic heterocycles. The fourth-order valence-corrected chi connectivity index (χ4v) is 1.83. The van der Waals surface area contributed by atoms with Gasteiger partial charge in [-0.25, -0.2) is 4.79 Å². The Morgan fingerprint density at radius 2 is 1.80 bits per heavy atom. The van der Waals surface area contributed by atoms with Crippen LogP contribution in [0, 0.1) is 0 Å². The van der Waals surface area contributed by atoms with Crippen molar-refractivity contribution in [1.29, 1.82) is 0 Å². The molecule has 0 saturated heterocycles. The molecule has 0 aliphatic rings. The van der Waals surface area contributed by atoms with E-state index in [0.29, 0.717) is 12.5 Å². The number of amides is 1. The number of nitrogens with one attached hydrogen (secondary N) is 2. The van der Waals surface area contributed by atoms with Crippen LogP contribution < -0.4 is 10.6 Å². The van der Waals surface area contributed by atoms with E-state index in [1.165, 1.54) is 12.5 Å². The van der Waals surface area contributed by atoms with Gasteiger partial charge in [0.1, 0.15) is 6.04 Å². The zero-order valence-corrected chi connectivity index (χ0v) is 12.1. The van der Waals surface area contributed by atoms with Gasteiger partial charge in [0.05, 0.1) is 0 Å². The predicted molar refractivity (Wildman–Crippen MR) is 77.5 cm³/mol. The maximum Gasteiger partial charge on any atom is 0.327 e. The van der Waals surface area contributed by atoms with Crippen molar-refractivity contribution in [3.8, 4) is 0 Å². The van der Waals surface area contributed by atoms with Gasteiger partial charge >= 0.3 is 5.97 Å². The van der Waals surface area contributed by atoms with Gasteiger partial charge < -0.3 is 15.7 Å². The third-order valence-corrected chi connectivity index (χ3v) is 3.00. The summed E-state index contributed by atoms with van der Waals surface area (Å²) in [6.45, 7) is 6.35. The molecule has 5 heteroatoms. The van der Waals surface area contributed by atoms with Crippen LogP contribution in [0.4, 0.5) is 0 Å². The lowest BCUT2D eigenvalue weighted by Crippen LogP contribution is -2.46. The van der Waals surface area contributed by atoms with Crippen LogP contribution in [-0.4, -0.2) is 29.6 Å². The number of benzene rings is 1. The minimum Gasteiger partial charge on any atom is -0.480 e. The van der Waals surface area contributed by atoms with Crippen molar-refractivity contribution in [3.05, 3.63) is 35.4 Å². The zero-order chi connectivity index (χ0) is 15.1. The van der Waals surface area contributed by atoms with Gasteiger partial charge in [0, 0.05) is 20.0 Å². The summed E-state index contributed by atoms with van der Waals surface area (Å²) in [5.74, 6) is -0.892. The van der Waals surface area contributed by atoms with Crippen molar-refractivity contribution in [2.24, 2.45) is 0 Å². The van der Waals surface area contributed by atoms with Crippen LogP contribution in [0.15, 0.2) is 24.3 Å². The van der Waals surface area contributed by atoms with E-state index in [2.05, 4.69) is 36.6 Å². The van der Waals surface area contributed by atoms with Crippen molar-refractivity contribution in [2.75, 3.05) is 6.54 Å². The van der Waals surface area contributed by atoms with Crippen LogP contribution in [0.1, 0.15) is 37.8 Å². The van der Waals surface area contributed by atoms with Gasteiger partial charge in [-0.15, -0.1) is 0 Å². The number of carboxylic acids is 1. The maximum absolute atomic E-state index is 10.9. The molecule has 0 fully saturated rings. The van der Waals surface area contributed by atoms with E-state index in [1.54, 1.807) is 0 Å². The van der Waals surface area contributed by atoms with Crippen LogP contribution in [0.25, 0.3) is 0 Å². The van der Waals surface area contributed by atoms with E-state index in [-0.39, 0.29) is 12.5 Å². The second-order valence-corrected chi connectivity index (χ2v) is 5.12. The Morgan fingerprint density at radius 3 is 2.25 bits per heavy atom. The summed E-state index contributed by atoms with van der Waals surface area (Å²) in [4.78, 5) is 21.8. The fraction of sp³-hybridized carbons (Fsp3) is 0.467. The lowest BCUT2D eigenvalue weighted by Gasteiger charge is -2.14. The summed E-state index contributed by atoms with van der Waals surface area (Å²) in [6, 6.07) is 7.30. The molecule has 1 aromatic carbocycles. The SMILES string of the molecule is CC(=O)NC(CNCc1ccc(C(C)C)cc1)C(=O)O. The largest absolute Gasteiger partial charge is 0.480 e. The Hall–Kier alpha value is -1.88. The Kier molecular flexibility index (Phi) is 6.18. The Bertz CT molecular complexity index is 455. The molecular formula is C15H22N2O3. The topological polar surface area (TPSA) is 78.4 Å². The van der Waals surface area contributed by atoms with Crippen molar-refractivity contribution >= 4 is 11.9 Å². The summed E-state index contributed by atoms with van der Waals surface area (Å²) in [7, 11) is 0. The lowest BCUT2D eigenvalue weighted by molar-refractivity contribution is -0.141. The first-order valence-corrected chi connectivity index (χ1v) is 6.69. The number of hydrogen-bond donors (Lipinski definition) is 3. The van der Waals surface area contributed by atoms with E-state index in [9.17, 15) is 9.59 Å². The van der Waals surface area contributed by atoms with E-state index in [4.69, 9.17) is 5.11 Å².